The van der Waals surface area contributed by atoms with Crippen molar-refractivity contribution in [3.8, 4) is 5.69 Å². The fraction of sp³-hybridized carbons (Fsp3) is 0. The first-order valence-electron chi connectivity index (χ1n) is 11.0. The van der Waals surface area contributed by atoms with E-state index in [0.29, 0.717) is 0 Å². The van der Waals surface area contributed by atoms with E-state index < -0.39 is 0 Å². The van der Waals surface area contributed by atoms with Crippen LogP contribution in [0.25, 0.3) is 71.0 Å². The fourth-order valence-electron chi connectivity index (χ4n) is 5.65. The first kappa shape index (κ1) is 16.4. The van der Waals surface area contributed by atoms with Crippen LogP contribution >= 0.6 is 0 Å². The monoisotopic (exact) mass is 407 g/mol. The molecule has 8 aromatic rings. The first-order valence-corrected chi connectivity index (χ1v) is 11.0. The number of rotatable bonds is 1. The van der Waals surface area contributed by atoms with Crippen molar-refractivity contribution >= 4 is 65.3 Å². The van der Waals surface area contributed by atoms with Crippen LogP contribution in [0.3, 0.4) is 0 Å². The van der Waals surface area contributed by atoms with Crippen molar-refractivity contribution < 1.29 is 4.42 Å². The number of benzene rings is 6. The molecule has 0 atom stereocenters. The Kier molecular flexibility index (Phi) is 2.91. The van der Waals surface area contributed by atoms with Gasteiger partial charge in [-0.25, -0.2) is 0 Å². The maximum absolute atomic E-state index is 6.20. The predicted octanol–water partition coefficient (Wildman–Crippen LogP) is 8.43. The Hall–Kier alpha value is -4.30. The number of aromatic nitrogens is 1. The van der Waals surface area contributed by atoms with Gasteiger partial charge in [0.15, 0.2) is 0 Å². The standard InChI is InChI=1S/C30H17NO/c1-3-11-25-20(7-1)21-8-2-4-12-26(21)31(25)18-15-16-19-22-9-5-13-27-29(22)30-23(24(19)17-18)10-6-14-28(30)32-27/h1-17H. The summed E-state index contributed by atoms with van der Waals surface area (Å²) in [5, 5.41) is 10.0. The molecule has 0 amide bonds. The topological polar surface area (TPSA) is 18.1 Å². The lowest BCUT2D eigenvalue weighted by molar-refractivity contribution is 0.669. The molecule has 0 N–H and O–H groups in total. The number of fused-ring (bicyclic) bond motifs is 6. The summed E-state index contributed by atoms with van der Waals surface area (Å²) in [5.74, 6) is 0. The van der Waals surface area contributed by atoms with Crippen molar-refractivity contribution in [2.45, 2.75) is 0 Å². The molecule has 6 aromatic carbocycles. The van der Waals surface area contributed by atoms with E-state index in [9.17, 15) is 0 Å². The molecule has 2 heteroatoms. The van der Waals surface area contributed by atoms with Gasteiger partial charge in [-0.15, -0.1) is 0 Å². The summed E-state index contributed by atoms with van der Waals surface area (Å²) >= 11 is 0. The summed E-state index contributed by atoms with van der Waals surface area (Å²) < 4.78 is 8.58. The zero-order chi connectivity index (χ0) is 20.8. The fourth-order valence-corrected chi connectivity index (χ4v) is 5.65. The van der Waals surface area contributed by atoms with Gasteiger partial charge in [-0.3, -0.25) is 0 Å². The summed E-state index contributed by atoms with van der Waals surface area (Å²) in [7, 11) is 0. The molecular weight excluding hydrogens is 390 g/mol. The molecule has 2 nitrogen and oxygen atoms in total. The highest BCUT2D eigenvalue weighted by Gasteiger charge is 2.18. The van der Waals surface area contributed by atoms with Crippen LogP contribution in [0, 0.1) is 0 Å². The van der Waals surface area contributed by atoms with Crippen molar-refractivity contribution in [1.82, 2.24) is 4.57 Å². The number of nitrogens with zero attached hydrogens (tertiary/aromatic N) is 1. The first-order chi connectivity index (χ1) is 15.9. The third kappa shape index (κ3) is 1.91. The Labute approximate surface area is 183 Å². The number of hydrogen-bond acceptors (Lipinski definition) is 1. The van der Waals surface area contributed by atoms with Crippen LogP contribution in [0.2, 0.25) is 0 Å². The van der Waals surface area contributed by atoms with Gasteiger partial charge in [0.25, 0.3) is 0 Å². The van der Waals surface area contributed by atoms with E-state index in [1.165, 1.54) is 59.8 Å². The zero-order valence-corrected chi connectivity index (χ0v) is 17.2. The molecule has 0 unspecified atom stereocenters. The van der Waals surface area contributed by atoms with E-state index in [1.54, 1.807) is 0 Å². The average Bonchev–Trinajstić information content (AvgIpc) is 3.40. The van der Waals surface area contributed by atoms with Crippen LogP contribution in [0.1, 0.15) is 0 Å². The van der Waals surface area contributed by atoms with E-state index in [0.717, 1.165) is 11.2 Å². The smallest absolute Gasteiger partial charge is 0.136 e. The van der Waals surface area contributed by atoms with Crippen molar-refractivity contribution in [1.29, 1.82) is 0 Å². The van der Waals surface area contributed by atoms with Gasteiger partial charge in [-0.1, -0.05) is 66.7 Å². The Morgan fingerprint density at radius 2 is 1.00 bits per heavy atom. The maximum Gasteiger partial charge on any atom is 0.136 e. The Morgan fingerprint density at radius 1 is 0.438 bits per heavy atom. The zero-order valence-electron chi connectivity index (χ0n) is 17.2. The molecule has 148 valence electrons. The molecule has 0 bridgehead atoms. The van der Waals surface area contributed by atoms with Crippen molar-refractivity contribution in [3.05, 3.63) is 103 Å². The normalized spacial score (nSPS) is 12.4. The number of para-hydroxylation sites is 2. The van der Waals surface area contributed by atoms with E-state index in [1.807, 2.05) is 0 Å². The second-order valence-electron chi connectivity index (χ2n) is 8.56. The number of furan rings is 1. The molecule has 0 spiro atoms. The summed E-state index contributed by atoms with van der Waals surface area (Å²) in [5.41, 5.74) is 5.56. The highest BCUT2D eigenvalue weighted by atomic mass is 16.3. The van der Waals surface area contributed by atoms with E-state index in [2.05, 4.69) is 108 Å². The van der Waals surface area contributed by atoms with Crippen molar-refractivity contribution in [2.75, 3.05) is 0 Å². The summed E-state index contributed by atoms with van der Waals surface area (Å²) in [6.07, 6.45) is 0. The third-order valence-electron chi connectivity index (χ3n) is 6.94. The molecule has 0 aliphatic carbocycles. The SMILES string of the molecule is c1cc2oc3cccc4c5cc(-n6c7ccccc7c7ccccc76)ccc5c(c1)c2c34. The van der Waals surface area contributed by atoms with Crippen LogP contribution < -0.4 is 0 Å². The van der Waals surface area contributed by atoms with E-state index >= 15 is 0 Å². The van der Waals surface area contributed by atoms with Crippen LogP contribution in [-0.4, -0.2) is 4.57 Å². The minimum absolute atomic E-state index is 0.956. The van der Waals surface area contributed by atoms with Gasteiger partial charge in [-0.2, -0.15) is 0 Å². The lowest BCUT2D eigenvalue weighted by Gasteiger charge is -2.12. The molecule has 0 aliphatic rings. The van der Waals surface area contributed by atoms with Crippen LogP contribution in [0.15, 0.2) is 108 Å². The summed E-state index contributed by atoms with van der Waals surface area (Å²) in [6, 6.07) is 37.0. The highest BCUT2D eigenvalue weighted by Crippen LogP contribution is 2.43. The molecular formula is C30H17NO. The minimum atomic E-state index is 0.956. The lowest BCUT2D eigenvalue weighted by Crippen LogP contribution is -1.94. The van der Waals surface area contributed by atoms with Crippen LogP contribution in [0.4, 0.5) is 0 Å². The molecule has 32 heavy (non-hydrogen) atoms. The largest absolute Gasteiger partial charge is 0.456 e. The van der Waals surface area contributed by atoms with Gasteiger partial charge in [0.1, 0.15) is 11.2 Å². The van der Waals surface area contributed by atoms with Crippen LogP contribution in [0.5, 0.6) is 0 Å². The summed E-state index contributed by atoms with van der Waals surface area (Å²) in [6.45, 7) is 0. The highest BCUT2D eigenvalue weighted by molar-refractivity contribution is 6.33. The van der Waals surface area contributed by atoms with Crippen molar-refractivity contribution in [2.24, 2.45) is 0 Å². The molecule has 0 saturated carbocycles. The minimum Gasteiger partial charge on any atom is -0.456 e. The van der Waals surface area contributed by atoms with E-state index in [-0.39, 0.29) is 0 Å². The maximum atomic E-state index is 6.20. The lowest BCUT2D eigenvalue weighted by atomic mass is 9.94. The molecule has 0 saturated heterocycles. The average molecular weight is 407 g/mol. The van der Waals surface area contributed by atoms with Crippen LogP contribution in [-0.2, 0) is 0 Å². The predicted molar refractivity (Wildman–Crippen MR) is 134 cm³/mol. The van der Waals surface area contributed by atoms with Gasteiger partial charge in [0, 0.05) is 27.2 Å². The molecule has 0 radical (unpaired) electrons. The van der Waals surface area contributed by atoms with E-state index in [4.69, 9.17) is 4.42 Å². The Bertz CT molecular complexity index is 1930. The molecule has 2 aromatic heterocycles. The molecule has 8 rings (SSSR count). The molecule has 2 heterocycles. The second-order valence-corrected chi connectivity index (χ2v) is 8.56. The van der Waals surface area contributed by atoms with Crippen molar-refractivity contribution in [3.63, 3.8) is 0 Å². The van der Waals surface area contributed by atoms with Gasteiger partial charge >= 0.3 is 0 Å². The molecule has 0 fully saturated rings. The molecule has 0 aliphatic heterocycles. The Morgan fingerprint density at radius 3 is 1.66 bits per heavy atom. The quantitative estimate of drug-likeness (QED) is 0.250. The van der Waals surface area contributed by atoms with Gasteiger partial charge in [0.05, 0.1) is 11.0 Å². The third-order valence-corrected chi connectivity index (χ3v) is 6.94. The van der Waals surface area contributed by atoms with Gasteiger partial charge < -0.3 is 8.98 Å². The number of hydrogen-bond donors (Lipinski definition) is 0. The Balaban J connectivity index is 1.57. The second kappa shape index (κ2) is 5.68. The van der Waals surface area contributed by atoms with Gasteiger partial charge in [-0.05, 0) is 57.9 Å². The van der Waals surface area contributed by atoms with Gasteiger partial charge in [0.2, 0.25) is 0 Å². The summed E-state index contributed by atoms with van der Waals surface area (Å²) in [4.78, 5) is 0.